The fourth-order valence-corrected chi connectivity index (χ4v) is 8.26. The molecule has 3 fully saturated rings. The Labute approximate surface area is 241 Å². The predicted molar refractivity (Wildman–Crippen MR) is 157 cm³/mol. The lowest BCUT2D eigenvalue weighted by Gasteiger charge is -2.37. The number of urea groups is 1. The van der Waals surface area contributed by atoms with Gasteiger partial charge in [-0.25, -0.2) is 13.2 Å². The number of nitrogens with zero attached hydrogens (tertiary/aromatic N) is 5. The number of nitrogens with two attached hydrogens (primary N) is 1. The van der Waals surface area contributed by atoms with Crippen LogP contribution >= 0.6 is 0 Å². The number of anilines is 1. The molecule has 1 aromatic carbocycles. The lowest BCUT2D eigenvalue weighted by molar-refractivity contribution is -0.120. The number of amides is 3. The van der Waals surface area contributed by atoms with E-state index in [-0.39, 0.29) is 12.3 Å². The van der Waals surface area contributed by atoms with Crippen LogP contribution in [0.2, 0.25) is 0 Å². The number of likely N-dealkylation sites (tertiary alicyclic amines) is 1. The summed E-state index contributed by atoms with van der Waals surface area (Å²) in [5.41, 5.74) is 8.81. The maximum absolute atomic E-state index is 13.1. The van der Waals surface area contributed by atoms with E-state index in [1.54, 1.807) is 21.4 Å². The highest BCUT2D eigenvalue weighted by atomic mass is 32.2. The van der Waals surface area contributed by atoms with Crippen LogP contribution in [0, 0.1) is 5.92 Å². The number of benzene rings is 1. The van der Waals surface area contributed by atoms with Gasteiger partial charge >= 0.3 is 6.03 Å². The van der Waals surface area contributed by atoms with Crippen LogP contribution in [-0.2, 0) is 21.9 Å². The summed E-state index contributed by atoms with van der Waals surface area (Å²) in [5, 5.41) is 7.90. The Morgan fingerprint density at radius 3 is 2.41 bits per heavy atom. The first-order valence-electron chi connectivity index (χ1n) is 14.6. The minimum Gasteiger partial charge on any atom is -0.402 e. The Balaban J connectivity index is 1.03. The van der Waals surface area contributed by atoms with E-state index < -0.39 is 16.1 Å². The summed E-state index contributed by atoms with van der Waals surface area (Å²) in [6.45, 7) is 4.58. The van der Waals surface area contributed by atoms with Crippen LogP contribution in [0.4, 0.5) is 10.6 Å². The second-order valence-corrected chi connectivity index (χ2v) is 13.8. The number of allylic oxidation sites excluding steroid dienone is 4. The van der Waals surface area contributed by atoms with Gasteiger partial charge in [-0.3, -0.25) is 19.7 Å². The van der Waals surface area contributed by atoms with Crippen LogP contribution in [0.1, 0.15) is 56.4 Å². The molecule has 2 aromatic rings. The van der Waals surface area contributed by atoms with Crippen LogP contribution in [0.5, 0.6) is 0 Å². The van der Waals surface area contributed by atoms with E-state index in [1.165, 1.54) is 5.56 Å². The first kappa shape index (κ1) is 27.9. The average molecular weight is 582 g/mol. The Morgan fingerprint density at radius 1 is 0.976 bits per heavy atom. The van der Waals surface area contributed by atoms with E-state index in [2.05, 4.69) is 33.5 Å². The van der Waals surface area contributed by atoms with E-state index in [0.29, 0.717) is 55.0 Å². The number of rotatable bonds is 6. The van der Waals surface area contributed by atoms with Crippen molar-refractivity contribution >= 4 is 38.7 Å². The van der Waals surface area contributed by atoms with Gasteiger partial charge in [0.05, 0.1) is 10.4 Å². The molecule has 3 saturated heterocycles. The zero-order chi connectivity index (χ0) is 28.7. The quantitative estimate of drug-likeness (QED) is 0.536. The van der Waals surface area contributed by atoms with E-state index in [4.69, 9.17) is 5.73 Å². The summed E-state index contributed by atoms with van der Waals surface area (Å²) in [6.07, 6.45) is 8.70. The Bertz CT molecular complexity index is 1510. The molecule has 1 aromatic heterocycles. The van der Waals surface area contributed by atoms with Gasteiger partial charge in [-0.05, 0) is 93.3 Å². The number of aryl methyl sites for hydroxylation is 1. The maximum Gasteiger partial charge on any atom is 0.329 e. The molecule has 3 aliphatic heterocycles. The number of sulfonamides is 1. The smallest absolute Gasteiger partial charge is 0.329 e. The highest BCUT2D eigenvalue weighted by molar-refractivity contribution is 7.93. The Morgan fingerprint density at radius 2 is 1.73 bits per heavy atom. The van der Waals surface area contributed by atoms with Gasteiger partial charge in [-0.1, -0.05) is 6.07 Å². The molecular formula is C29H39N7O4S. The van der Waals surface area contributed by atoms with Gasteiger partial charge in [0.2, 0.25) is 15.9 Å². The SMILES string of the molecule is Cn1nc(N2CCC(=O)NC2=O)c2ccc(C3CCN(CC4CCN(S(=O)(=O)C5=CC=C(N)CC5)CC4)CC3)cc21. The first-order chi connectivity index (χ1) is 19.7. The van der Waals surface area contributed by atoms with Crippen molar-refractivity contribution < 1.29 is 18.0 Å². The second kappa shape index (κ2) is 11.2. The van der Waals surface area contributed by atoms with Crippen LogP contribution < -0.4 is 16.0 Å². The molecule has 12 heteroatoms. The van der Waals surface area contributed by atoms with Crippen LogP contribution in [0.3, 0.4) is 0 Å². The fraction of sp³-hybridized carbons (Fsp3) is 0.552. The number of hydrogen-bond acceptors (Lipinski definition) is 7. The molecule has 3 amide bonds. The Hall–Kier alpha value is -3.22. The fourth-order valence-electron chi connectivity index (χ4n) is 6.64. The van der Waals surface area contributed by atoms with Crippen LogP contribution in [0.25, 0.3) is 10.9 Å². The molecule has 41 heavy (non-hydrogen) atoms. The van der Waals surface area contributed by atoms with Gasteiger partial charge in [0.25, 0.3) is 0 Å². The molecule has 0 saturated carbocycles. The molecule has 4 aliphatic rings. The second-order valence-electron chi connectivity index (χ2n) is 11.8. The zero-order valence-electron chi connectivity index (χ0n) is 23.6. The molecule has 11 nitrogen and oxygen atoms in total. The summed E-state index contributed by atoms with van der Waals surface area (Å²) in [5.74, 6) is 1.31. The van der Waals surface area contributed by atoms with Gasteiger partial charge < -0.3 is 10.6 Å². The number of piperidine rings is 2. The number of carbonyl (C=O) groups is 2. The monoisotopic (exact) mass is 581 g/mol. The number of fused-ring (bicyclic) bond motifs is 1. The summed E-state index contributed by atoms with van der Waals surface area (Å²) < 4.78 is 29.6. The molecule has 0 radical (unpaired) electrons. The molecule has 4 heterocycles. The van der Waals surface area contributed by atoms with Crippen molar-refractivity contribution in [3.8, 4) is 0 Å². The molecular weight excluding hydrogens is 542 g/mol. The van der Waals surface area contributed by atoms with E-state index in [0.717, 1.165) is 61.9 Å². The van der Waals surface area contributed by atoms with E-state index in [9.17, 15) is 18.0 Å². The van der Waals surface area contributed by atoms with E-state index in [1.807, 2.05) is 11.7 Å². The molecule has 1 aliphatic carbocycles. The van der Waals surface area contributed by atoms with Gasteiger partial charge in [0.15, 0.2) is 5.82 Å². The third-order valence-electron chi connectivity index (χ3n) is 9.13. The van der Waals surface area contributed by atoms with Gasteiger partial charge in [-0.15, -0.1) is 0 Å². The summed E-state index contributed by atoms with van der Waals surface area (Å²) in [6, 6.07) is 5.98. The summed E-state index contributed by atoms with van der Waals surface area (Å²) in [7, 11) is -1.50. The third kappa shape index (κ3) is 5.64. The number of aromatic nitrogens is 2. The molecule has 0 unspecified atom stereocenters. The van der Waals surface area contributed by atoms with Crippen molar-refractivity contribution in [2.24, 2.45) is 18.7 Å². The lowest BCUT2D eigenvalue weighted by Crippen LogP contribution is -2.49. The first-order valence-corrected chi connectivity index (χ1v) is 16.1. The number of hydrogen-bond donors (Lipinski definition) is 2. The molecule has 0 bridgehead atoms. The average Bonchev–Trinajstić information content (AvgIpc) is 3.29. The number of nitrogens with one attached hydrogen (secondary N) is 1. The van der Waals surface area contributed by atoms with Crippen molar-refractivity contribution in [2.75, 3.05) is 44.2 Å². The van der Waals surface area contributed by atoms with Gasteiger partial charge in [0, 0.05) is 50.7 Å². The molecule has 0 spiro atoms. The van der Waals surface area contributed by atoms with Crippen molar-refractivity contribution in [3.05, 3.63) is 46.5 Å². The van der Waals surface area contributed by atoms with Crippen molar-refractivity contribution in [1.82, 2.24) is 24.3 Å². The maximum atomic E-state index is 13.1. The van der Waals surface area contributed by atoms with Crippen LogP contribution in [0.15, 0.2) is 41.0 Å². The van der Waals surface area contributed by atoms with Gasteiger partial charge in [-0.2, -0.15) is 9.40 Å². The number of carbonyl (C=O) groups excluding carboxylic acids is 2. The van der Waals surface area contributed by atoms with Crippen molar-refractivity contribution in [1.29, 1.82) is 0 Å². The zero-order valence-corrected chi connectivity index (χ0v) is 24.4. The summed E-state index contributed by atoms with van der Waals surface area (Å²) in [4.78, 5) is 28.5. The van der Waals surface area contributed by atoms with E-state index >= 15 is 0 Å². The van der Waals surface area contributed by atoms with Crippen molar-refractivity contribution in [2.45, 2.75) is 50.9 Å². The third-order valence-corrected chi connectivity index (χ3v) is 11.2. The van der Waals surface area contributed by atoms with Gasteiger partial charge in [0.1, 0.15) is 0 Å². The topological polar surface area (TPSA) is 134 Å². The standard InChI is InChI=1S/C29H39N7O4S/c1-33-26-18-22(2-7-25(26)28(32-33)36-17-12-27(37)31-29(36)38)21-10-13-34(14-11-21)19-20-8-15-35(16-9-20)41(39,40)24-5-3-23(30)4-6-24/h2-3,5,7,18,20-21H,4,6,8-17,19,30H2,1H3,(H,31,37,38). The lowest BCUT2D eigenvalue weighted by atomic mass is 9.88. The molecule has 6 rings (SSSR count). The number of imide groups is 1. The molecule has 220 valence electrons. The minimum absolute atomic E-state index is 0.254. The van der Waals surface area contributed by atoms with Crippen LogP contribution in [-0.4, -0.2) is 78.6 Å². The Kier molecular flexibility index (Phi) is 7.64. The highest BCUT2D eigenvalue weighted by Crippen LogP contribution is 2.34. The highest BCUT2D eigenvalue weighted by Gasteiger charge is 2.33. The van der Waals surface area contributed by atoms with Crippen molar-refractivity contribution in [3.63, 3.8) is 0 Å². The molecule has 3 N–H and O–H groups in total. The normalized spacial score (nSPS) is 22.6. The largest absolute Gasteiger partial charge is 0.402 e. The molecule has 0 atom stereocenters. The predicted octanol–water partition coefficient (Wildman–Crippen LogP) is 2.76. The summed E-state index contributed by atoms with van der Waals surface area (Å²) >= 11 is 0. The minimum atomic E-state index is -3.39.